The number of hydrogen-bond acceptors (Lipinski definition) is 2. The Morgan fingerprint density at radius 1 is 0.968 bits per heavy atom. The molecule has 1 N–H and O–H groups in total. The Morgan fingerprint density at radius 2 is 1.68 bits per heavy atom. The van der Waals surface area contributed by atoms with Gasteiger partial charge in [-0.05, 0) is 48.7 Å². The molecule has 3 aromatic carbocycles. The van der Waals surface area contributed by atoms with Crippen LogP contribution in [0, 0.1) is 12.7 Å². The largest absolute Gasteiger partial charge is 0.352 e. The highest BCUT2D eigenvalue weighted by Gasteiger charge is 2.14. The van der Waals surface area contributed by atoms with Gasteiger partial charge in [-0.3, -0.25) is 4.79 Å². The van der Waals surface area contributed by atoms with E-state index in [-0.39, 0.29) is 11.7 Å². The number of rotatable bonds is 7. The van der Waals surface area contributed by atoms with Crippen LogP contribution >= 0.6 is 0 Å². The normalized spacial score (nSPS) is 10.8. The number of aryl methyl sites for hydroxylation is 2. The number of nitrogens with one attached hydrogen (secondary N) is 1. The molecule has 156 valence electrons. The maximum absolute atomic E-state index is 13.0. The van der Waals surface area contributed by atoms with Crippen molar-refractivity contribution in [1.82, 2.24) is 15.1 Å². The first kappa shape index (κ1) is 20.5. The Kier molecular flexibility index (Phi) is 6.22. The first-order valence-electron chi connectivity index (χ1n) is 10.3. The van der Waals surface area contributed by atoms with E-state index in [0.29, 0.717) is 19.4 Å². The zero-order valence-corrected chi connectivity index (χ0v) is 17.4. The molecule has 1 aromatic heterocycles. The van der Waals surface area contributed by atoms with Crippen LogP contribution in [0.5, 0.6) is 0 Å². The summed E-state index contributed by atoms with van der Waals surface area (Å²) in [5.41, 5.74) is 5.96. The summed E-state index contributed by atoms with van der Waals surface area (Å²) < 4.78 is 14.9. The van der Waals surface area contributed by atoms with Gasteiger partial charge in [-0.2, -0.15) is 5.10 Å². The number of hydrogen-bond donors (Lipinski definition) is 1. The molecule has 0 aliphatic rings. The molecular formula is C26H24FN3O. The summed E-state index contributed by atoms with van der Waals surface area (Å²) in [4.78, 5) is 12.4. The number of carbonyl (C=O) groups is 1. The SMILES string of the molecule is Cc1ccc(-c2nn(-c3ccccc3)cc2CCC(=O)NCc2ccc(F)cc2)cc1. The fraction of sp³-hybridized carbons (Fsp3) is 0.154. The lowest BCUT2D eigenvalue weighted by Gasteiger charge is -2.06. The molecule has 31 heavy (non-hydrogen) atoms. The van der Waals surface area contributed by atoms with Gasteiger partial charge in [0.05, 0.1) is 11.4 Å². The van der Waals surface area contributed by atoms with E-state index in [2.05, 4.69) is 36.5 Å². The Morgan fingerprint density at radius 3 is 2.39 bits per heavy atom. The van der Waals surface area contributed by atoms with Crippen molar-refractivity contribution >= 4 is 5.91 Å². The van der Waals surface area contributed by atoms with E-state index in [1.54, 1.807) is 12.1 Å². The summed E-state index contributed by atoms with van der Waals surface area (Å²) in [6, 6.07) is 24.3. The van der Waals surface area contributed by atoms with Crippen LogP contribution in [0.1, 0.15) is 23.1 Å². The van der Waals surface area contributed by atoms with E-state index in [0.717, 1.165) is 28.1 Å². The number of nitrogens with zero attached hydrogens (tertiary/aromatic N) is 2. The van der Waals surface area contributed by atoms with Crippen molar-refractivity contribution in [2.75, 3.05) is 0 Å². The lowest BCUT2D eigenvalue weighted by Crippen LogP contribution is -2.23. The zero-order valence-electron chi connectivity index (χ0n) is 17.4. The van der Waals surface area contributed by atoms with Gasteiger partial charge in [0.1, 0.15) is 5.82 Å². The first-order chi connectivity index (χ1) is 15.1. The van der Waals surface area contributed by atoms with Crippen LogP contribution < -0.4 is 5.32 Å². The summed E-state index contributed by atoms with van der Waals surface area (Å²) >= 11 is 0. The highest BCUT2D eigenvalue weighted by atomic mass is 19.1. The van der Waals surface area contributed by atoms with Gasteiger partial charge in [0.25, 0.3) is 0 Å². The third-order valence-electron chi connectivity index (χ3n) is 5.16. The van der Waals surface area contributed by atoms with Crippen LogP contribution in [0.15, 0.2) is 85.1 Å². The number of para-hydroxylation sites is 1. The fourth-order valence-corrected chi connectivity index (χ4v) is 3.40. The van der Waals surface area contributed by atoms with Crippen molar-refractivity contribution in [1.29, 1.82) is 0 Å². The highest BCUT2D eigenvalue weighted by molar-refractivity contribution is 5.76. The maximum Gasteiger partial charge on any atom is 0.220 e. The average Bonchev–Trinajstić information content (AvgIpc) is 3.23. The van der Waals surface area contributed by atoms with Crippen LogP contribution in [0.4, 0.5) is 4.39 Å². The molecule has 0 saturated heterocycles. The van der Waals surface area contributed by atoms with Crippen LogP contribution in [0.2, 0.25) is 0 Å². The average molecular weight is 413 g/mol. The molecule has 4 rings (SSSR count). The van der Waals surface area contributed by atoms with Gasteiger partial charge in [-0.15, -0.1) is 0 Å². The molecule has 0 radical (unpaired) electrons. The summed E-state index contributed by atoms with van der Waals surface area (Å²) in [5.74, 6) is -0.333. The molecule has 5 heteroatoms. The van der Waals surface area contributed by atoms with E-state index in [4.69, 9.17) is 5.10 Å². The summed E-state index contributed by atoms with van der Waals surface area (Å²) in [6.07, 6.45) is 2.92. The molecule has 0 saturated carbocycles. The number of halogens is 1. The predicted molar refractivity (Wildman–Crippen MR) is 120 cm³/mol. The molecule has 4 aromatic rings. The zero-order chi connectivity index (χ0) is 21.6. The summed E-state index contributed by atoms with van der Waals surface area (Å²) in [6.45, 7) is 2.44. The predicted octanol–water partition coefficient (Wildman–Crippen LogP) is 5.24. The molecule has 0 bridgehead atoms. The van der Waals surface area contributed by atoms with Crippen LogP contribution in [-0.2, 0) is 17.8 Å². The third-order valence-corrected chi connectivity index (χ3v) is 5.16. The van der Waals surface area contributed by atoms with Gasteiger partial charge in [0, 0.05) is 24.7 Å². The second kappa shape index (κ2) is 9.39. The molecule has 0 fully saturated rings. The Balaban J connectivity index is 1.49. The molecule has 0 aliphatic carbocycles. The van der Waals surface area contributed by atoms with Crippen molar-refractivity contribution in [2.24, 2.45) is 0 Å². The summed E-state index contributed by atoms with van der Waals surface area (Å²) in [5, 5.41) is 7.71. The topological polar surface area (TPSA) is 46.9 Å². The van der Waals surface area contributed by atoms with Gasteiger partial charge < -0.3 is 5.32 Å². The van der Waals surface area contributed by atoms with E-state index in [1.165, 1.54) is 17.7 Å². The first-order valence-corrected chi connectivity index (χ1v) is 10.3. The van der Waals surface area contributed by atoms with Crippen molar-refractivity contribution in [3.63, 3.8) is 0 Å². The van der Waals surface area contributed by atoms with Crippen LogP contribution in [-0.4, -0.2) is 15.7 Å². The number of benzene rings is 3. The van der Waals surface area contributed by atoms with Gasteiger partial charge in [0.15, 0.2) is 0 Å². The molecule has 0 aliphatic heterocycles. The molecule has 1 heterocycles. The molecule has 4 nitrogen and oxygen atoms in total. The molecule has 0 atom stereocenters. The highest BCUT2D eigenvalue weighted by Crippen LogP contribution is 2.25. The second-order valence-corrected chi connectivity index (χ2v) is 7.55. The van der Waals surface area contributed by atoms with Gasteiger partial charge in [0.2, 0.25) is 5.91 Å². The van der Waals surface area contributed by atoms with Crippen molar-refractivity contribution in [3.05, 3.63) is 108 Å². The minimum absolute atomic E-state index is 0.0494. The minimum atomic E-state index is -0.283. The van der Waals surface area contributed by atoms with Crippen molar-refractivity contribution < 1.29 is 9.18 Å². The van der Waals surface area contributed by atoms with E-state index in [9.17, 15) is 9.18 Å². The minimum Gasteiger partial charge on any atom is -0.352 e. The van der Waals surface area contributed by atoms with Crippen molar-refractivity contribution in [2.45, 2.75) is 26.3 Å². The molecule has 0 spiro atoms. The second-order valence-electron chi connectivity index (χ2n) is 7.55. The van der Waals surface area contributed by atoms with Crippen LogP contribution in [0.25, 0.3) is 16.9 Å². The number of amides is 1. The van der Waals surface area contributed by atoms with E-state index in [1.807, 2.05) is 41.2 Å². The number of aromatic nitrogens is 2. The quantitative estimate of drug-likeness (QED) is 0.451. The standard InChI is InChI=1S/C26H24FN3O/c1-19-7-11-21(12-8-19)26-22(18-30(29-26)24-5-3-2-4-6-24)13-16-25(31)28-17-20-9-14-23(27)15-10-20/h2-12,14-15,18H,13,16-17H2,1H3,(H,28,31). The fourth-order valence-electron chi connectivity index (χ4n) is 3.40. The van der Waals surface area contributed by atoms with Crippen LogP contribution in [0.3, 0.4) is 0 Å². The third kappa shape index (κ3) is 5.25. The lowest BCUT2D eigenvalue weighted by molar-refractivity contribution is -0.121. The number of carbonyl (C=O) groups excluding carboxylic acids is 1. The van der Waals surface area contributed by atoms with E-state index < -0.39 is 0 Å². The lowest BCUT2D eigenvalue weighted by atomic mass is 10.0. The van der Waals surface area contributed by atoms with Gasteiger partial charge >= 0.3 is 0 Å². The van der Waals surface area contributed by atoms with Crippen molar-refractivity contribution in [3.8, 4) is 16.9 Å². The molecule has 0 unspecified atom stereocenters. The molecular weight excluding hydrogens is 389 g/mol. The Bertz CT molecular complexity index is 1150. The summed E-state index contributed by atoms with van der Waals surface area (Å²) in [7, 11) is 0. The maximum atomic E-state index is 13.0. The monoisotopic (exact) mass is 413 g/mol. The smallest absolute Gasteiger partial charge is 0.220 e. The Labute approximate surface area is 181 Å². The Hall–Kier alpha value is -3.73. The van der Waals surface area contributed by atoms with E-state index >= 15 is 0 Å². The van der Waals surface area contributed by atoms with Gasteiger partial charge in [-0.1, -0.05) is 60.2 Å². The molecule has 1 amide bonds. The van der Waals surface area contributed by atoms with Gasteiger partial charge in [-0.25, -0.2) is 9.07 Å².